The third-order valence-electron chi connectivity index (χ3n) is 2.97. The summed E-state index contributed by atoms with van der Waals surface area (Å²) in [4.78, 5) is 11.9. The molecule has 2 atom stereocenters. The monoisotopic (exact) mass is 350 g/mol. The lowest BCUT2D eigenvalue weighted by Crippen LogP contribution is -2.49. The van der Waals surface area contributed by atoms with E-state index < -0.39 is 0 Å². The maximum atomic E-state index is 11.9. The topological polar surface area (TPSA) is 55.1 Å². The summed E-state index contributed by atoms with van der Waals surface area (Å²) in [5.41, 5.74) is 6.75. The van der Waals surface area contributed by atoms with E-state index in [0.29, 0.717) is 0 Å². The molecule has 0 saturated heterocycles. The molecule has 0 radical (unpaired) electrons. The Kier molecular flexibility index (Phi) is 4.21. The minimum Gasteiger partial charge on any atom is -0.348 e. The molecular weight excluding hydrogens is 335 g/mol. The van der Waals surface area contributed by atoms with E-state index in [0.717, 1.165) is 21.3 Å². The first-order valence-corrected chi connectivity index (χ1v) is 7.43. The third-order valence-corrected chi connectivity index (χ3v) is 4.75. The van der Waals surface area contributed by atoms with E-state index in [1.54, 1.807) is 11.3 Å². The van der Waals surface area contributed by atoms with Gasteiger partial charge in [0.05, 0.1) is 8.45 Å². The number of nitrogens with two attached hydrogens (primary N) is 1. The van der Waals surface area contributed by atoms with Crippen molar-refractivity contribution in [1.29, 1.82) is 0 Å². The zero-order valence-electron chi connectivity index (χ0n) is 8.91. The molecule has 3 nitrogen and oxygen atoms in total. The van der Waals surface area contributed by atoms with E-state index in [2.05, 4.69) is 27.9 Å². The zero-order chi connectivity index (χ0) is 11.5. The Hall–Kier alpha value is -0.140. The average Bonchev–Trinajstić information content (AvgIpc) is 2.68. The molecule has 1 aliphatic rings. The maximum Gasteiger partial charge on any atom is 0.252 e. The molecule has 1 aromatic heterocycles. The molecule has 5 heteroatoms. The van der Waals surface area contributed by atoms with Crippen LogP contribution in [0.25, 0.3) is 0 Å². The predicted molar refractivity (Wildman–Crippen MR) is 74.7 cm³/mol. The van der Waals surface area contributed by atoms with Crippen LogP contribution in [0, 0.1) is 2.88 Å². The van der Waals surface area contributed by atoms with Gasteiger partial charge in [-0.3, -0.25) is 4.79 Å². The van der Waals surface area contributed by atoms with Crippen LogP contribution in [0.15, 0.2) is 11.4 Å². The van der Waals surface area contributed by atoms with Gasteiger partial charge in [-0.25, -0.2) is 0 Å². The molecule has 0 bridgehead atoms. The molecule has 88 valence electrons. The molecule has 0 aliphatic heterocycles. The van der Waals surface area contributed by atoms with Crippen LogP contribution in [0.5, 0.6) is 0 Å². The molecule has 3 N–H and O–H groups in total. The first-order valence-electron chi connectivity index (χ1n) is 5.47. The minimum atomic E-state index is 0.0153. The quantitative estimate of drug-likeness (QED) is 0.805. The molecule has 1 amide bonds. The van der Waals surface area contributed by atoms with Crippen LogP contribution in [0.1, 0.15) is 36.0 Å². The Balaban J connectivity index is 1.96. The van der Waals surface area contributed by atoms with Crippen LogP contribution in [0.2, 0.25) is 0 Å². The summed E-state index contributed by atoms with van der Waals surface area (Å²) in [6.07, 6.45) is 4.38. The SMILES string of the molecule is NC1CCCCC1NC(=O)c1csc(I)c1. The summed E-state index contributed by atoms with van der Waals surface area (Å²) < 4.78 is 1.13. The molecule has 0 aromatic carbocycles. The summed E-state index contributed by atoms with van der Waals surface area (Å²) in [6.45, 7) is 0. The maximum absolute atomic E-state index is 11.9. The van der Waals surface area contributed by atoms with Crippen molar-refractivity contribution >= 4 is 39.8 Å². The van der Waals surface area contributed by atoms with Crippen LogP contribution in [0.4, 0.5) is 0 Å². The number of rotatable bonds is 2. The standard InChI is InChI=1S/C11H15IN2OS/c12-10-5-7(6-16-10)11(15)14-9-4-2-1-3-8(9)13/h5-6,8-9H,1-4,13H2,(H,14,15). The van der Waals surface area contributed by atoms with Gasteiger partial charge in [-0.05, 0) is 41.5 Å². The van der Waals surface area contributed by atoms with E-state index in [1.807, 2.05) is 11.4 Å². The van der Waals surface area contributed by atoms with E-state index in [4.69, 9.17) is 5.73 Å². The Bertz CT molecular complexity index is 380. The first kappa shape index (κ1) is 12.3. The average molecular weight is 350 g/mol. The van der Waals surface area contributed by atoms with Crippen LogP contribution in [0.3, 0.4) is 0 Å². The number of carbonyl (C=O) groups is 1. The van der Waals surface area contributed by atoms with Crippen molar-refractivity contribution in [3.8, 4) is 0 Å². The molecular formula is C11H15IN2OS. The van der Waals surface area contributed by atoms with Gasteiger partial charge in [0, 0.05) is 17.5 Å². The predicted octanol–water partition coefficient (Wildman–Crippen LogP) is 2.35. The highest BCUT2D eigenvalue weighted by Gasteiger charge is 2.23. The lowest BCUT2D eigenvalue weighted by Gasteiger charge is -2.29. The Morgan fingerprint density at radius 1 is 1.50 bits per heavy atom. The van der Waals surface area contributed by atoms with Crippen molar-refractivity contribution < 1.29 is 4.79 Å². The second kappa shape index (κ2) is 5.46. The molecule has 16 heavy (non-hydrogen) atoms. The fraction of sp³-hybridized carbons (Fsp3) is 0.545. The first-order chi connectivity index (χ1) is 7.66. The summed E-state index contributed by atoms with van der Waals surface area (Å²) in [6, 6.07) is 2.18. The molecule has 2 rings (SSSR count). The van der Waals surface area contributed by atoms with Gasteiger partial charge in [0.25, 0.3) is 5.91 Å². The molecule has 1 heterocycles. The highest BCUT2D eigenvalue weighted by atomic mass is 127. The Morgan fingerprint density at radius 3 is 2.88 bits per heavy atom. The molecule has 1 aliphatic carbocycles. The van der Waals surface area contributed by atoms with E-state index in [1.165, 1.54) is 12.8 Å². The zero-order valence-corrected chi connectivity index (χ0v) is 11.9. The normalized spacial score (nSPS) is 25.4. The number of thiophene rings is 1. The molecule has 1 aromatic rings. The lowest BCUT2D eigenvalue weighted by atomic mass is 9.91. The summed E-state index contributed by atoms with van der Waals surface area (Å²) >= 11 is 3.81. The highest BCUT2D eigenvalue weighted by Crippen LogP contribution is 2.19. The second-order valence-electron chi connectivity index (χ2n) is 4.17. The van der Waals surface area contributed by atoms with Gasteiger partial charge in [0.2, 0.25) is 0 Å². The van der Waals surface area contributed by atoms with Crippen molar-refractivity contribution in [3.05, 3.63) is 19.9 Å². The van der Waals surface area contributed by atoms with Crippen molar-refractivity contribution in [2.24, 2.45) is 5.73 Å². The summed E-state index contributed by atoms with van der Waals surface area (Å²) in [5.74, 6) is 0.0153. The lowest BCUT2D eigenvalue weighted by molar-refractivity contribution is 0.0921. The van der Waals surface area contributed by atoms with Gasteiger partial charge in [-0.2, -0.15) is 0 Å². The van der Waals surface area contributed by atoms with E-state index in [9.17, 15) is 4.79 Å². The smallest absolute Gasteiger partial charge is 0.252 e. The van der Waals surface area contributed by atoms with Crippen LogP contribution >= 0.6 is 33.9 Å². The number of nitrogens with one attached hydrogen (secondary N) is 1. The van der Waals surface area contributed by atoms with Crippen LogP contribution < -0.4 is 11.1 Å². The van der Waals surface area contributed by atoms with E-state index in [-0.39, 0.29) is 18.0 Å². The Labute approximate surface area is 113 Å². The van der Waals surface area contributed by atoms with Gasteiger partial charge in [-0.15, -0.1) is 11.3 Å². The molecule has 0 spiro atoms. The van der Waals surface area contributed by atoms with Crippen LogP contribution in [-0.4, -0.2) is 18.0 Å². The molecule has 1 saturated carbocycles. The summed E-state index contributed by atoms with van der Waals surface area (Å²) in [7, 11) is 0. The number of carbonyl (C=O) groups excluding carboxylic acids is 1. The fourth-order valence-corrected chi connectivity index (χ4v) is 3.35. The number of halogens is 1. The van der Waals surface area contributed by atoms with Crippen LogP contribution in [-0.2, 0) is 0 Å². The second-order valence-corrected chi connectivity index (χ2v) is 6.97. The van der Waals surface area contributed by atoms with Gasteiger partial charge in [-0.1, -0.05) is 12.8 Å². The van der Waals surface area contributed by atoms with Gasteiger partial charge < -0.3 is 11.1 Å². The Morgan fingerprint density at radius 2 is 2.25 bits per heavy atom. The highest BCUT2D eigenvalue weighted by molar-refractivity contribution is 14.1. The van der Waals surface area contributed by atoms with Crippen molar-refractivity contribution in [3.63, 3.8) is 0 Å². The number of amides is 1. The van der Waals surface area contributed by atoms with Crippen molar-refractivity contribution in [2.45, 2.75) is 37.8 Å². The largest absolute Gasteiger partial charge is 0.348 e. The van der Waals surface area contributed by atoms with Gasteiger partial charge in [0.1, 0.15) is 0 Å². The van der Waals surface area contributed by atoms with Crippen molar-refractivity contribution in [1.82, 2.24) is 5.32 Å². The number of hydrogen-bond acceptors (Lipinski definition) is 3. The van der Waals surface area contributed by atoms with E-state index >= 15 is 0 Å². The third kappa shape index (κ3) is 2.95. The van der Waals surface area contributed by atoms with Gasteiger partial charge >= 0.3 is 0 Å². The minimum absolute atomic E-state index is 0.0153. The summed E-state index contributed by atoms with van der Waals surface area (Å²) in [5, 5.41) is 4.93. The number of hydrogen-bond donors (Lipinski definition) is 2. The van der Waals surface area contributed by atoms with Crippen molar-refractivity contribution in [2.75, 3.05) is 0 Å². The molecule has 1 fully saturated rings. The molecule has 2 unspecified atom stereocenters. The van der Waals surface area contributed by atoms with Gasteiger partial charge in [0.15, 0.2) is 0 Å². The fourth-order valence-electron chi connectivity index (χ4n) is 2.02.